The van der Waals surface area contributed by atoms with E-state index in [-0.39, 0.29) is 5.97 Å². The largest absolute Gasteiger partial charge is 0.461 e. The van der Waals surface area contributed by atoms with Crippen LogP contribution < -0.4 is 0 Å². The Morgan fingerprint density at radius 2 is 2.33 bits per heavy atom. The SMILES string of the molecule is CCCn1nccc1-c1nc(C(=O)OCC)cs1. The molecule has 0 N–H and O–H groups in total. The van der Waals surface area contributed by atoms with Crippen molar-refractivity contribution in [2.24, 2.45) is 0 Å². The van der Waals surface area contributed by atoms with Crippen molar-refractivity contribution >= 4 is 17.3 Å². The summed E-state index contributed by atoms with van der Waals surface area (Å²) in [7, 11) is 0. The molecule has 96 valence electrons. The van der Waals surface area contributed by atoms with Crippen molar-refractivity contribution in [1.29, 1.82) is 0 Å². The Morgan fingerprint density at radius 1 is 1.50 bits per heavy atom. The third-order valence-electron chi connectivity index (χ3n) is 2.36. The molecule has 2 aromatic heterocycles. The van der Waals surface area contributed by atoms with Crippen molar-refractivity contribution in [3.05, 3.63) is 23.3 Å². The number of thiazole rings is 1. The lowest BCUT2D eigenvalue weighted by molar-refractivity contribution is 0.0520. The summed E-state index contributed by atoms with van der Waals surface area (Å²) >= 11 is 1.43. The minimum Gasteiger partial charge on any atom is -0.461 e. The number of nitrogens with zero attached hydrogens (tertiary/aromatic N) is 3. The maximum atomic E-state index is 11.5. The Hall–Kier alpha value is -1.69. The first-order valence-corrected chi connectivity index (χ1v) is 6.79. The molecule has 0 unspecified atom stereocenters. The molecule has 0 atom stereocenters. The Morgan fingerprint density at radius 3 is 3.06 bits per heavy atom. The highest BCUT2D eigenvalue weighted by Gasteiger charge is 2.14. The number of esters is 1. The van der Waals surface area contributed by atoms with Crippen LogP contribution in [0.15, 0.2) is 17.6 Å². The lowest BCUT2D eigenvalue weighted by Gasteiger charge is -2.02. The van der Waals surface area contributed by atoms with Gasteiger partial charge >= 0.3 is 5.97 Å². The molecule has 2 heterocycles. The van der Waals surface area contributed by atoms with Crippen LogP contribution in [0.1, 0.15) is 30.8 Å². The fraction of sp³-hybridized carbons (Fsp3) is 0.417. The summed E-state index contributed by atoms with van der Waals surface area (Å²) in [5, 5.41) is 6.75. The first kappa shape index (κ1) is 12.8. The average molecular weight is 265 g/mol. The summed E-state index contributed by atoms with van der Waals surface area (Å²) in [6.07, 6.45) is 2.75. The minimum atomic E-state index is -0.374. The Kier molecular flexibility index (Phi) is 4.09. The van der Waals surface area contributed by atoms with E-state index in [1.54, 1.807) is 18.5 Å². The number of ether oxygens (including phenoxy) is 1. The van der Waals surface area contributed by atoms with E-state index in [9.17, 15) is 4.79 Å². The molecular formula is C12H15N3O2S. The summed E-state index contributed by atoms with van der Waals surface area (Å²) in [5.41, 5.74) is 1.30. The van der Waals surface area contributed by atoms with Crippen molar-refractivity contribution < 1.29 is 9.53 Å². The average Bonchev–Trinajstić information content (AvgIpc) is 2.97. The van der Waals surface area contributed by atoms with Crippen molar-refractivity contribution in [2.45, 2.75) is 26.8 Å². The van der Waals surface area contributed by atoms with E-state index in [2.05, 4.69) is 17.0 Å². The maximum absolute atomic E-state index is 11.5. The Labute approximate surface area is 109 Å². The van der Waals surface area contributed by atoms with Gasteiger partial charge < -0.3 is 4.74 Å². The molecule has 0 amide bonds. The summed E-state index contributed by atoms with van der Waals surface area (Å²) < 4.78 is 6.82. The molecular weight excluding hydrogens is 250 g/mol. The van der Waals surface area contributed by atoms with E-state index in [1.165, 1.54) is 11.3 Å². The maximum Gasteiger partial charge on any atom is 0.357 e. The van der Waals surface area contributed by atoms with Crippen molar-refractivity contribution in [3.63, 3.8) is 0 Å². The van der Waals surface area contributed by atoms with Crippen LogP contribution in [0.3, 0.4) is 0 Å². The van der Waals surface area contributed by atoms with E-state index < -0.39 is 0 Å². The predicted octanol–water partition coefficient (Wildman–Crippen LogP) is 2.59. The molecule has 0 aliphatic rings. The first-order chi connectivity index (χ1) is 8.76. The fourth-order valence-corrected chi connectivity index (χ4v) is 2.41. The Balaban J connectivity index is 2.23. The molecule has 0 aliphatic carbocycles. The second-order valence-corrected chi connectivity index (χ2v) is 4.56. The third kappa shape index (κ3) is 2.59. The van der Waals surface area contributed by atoms with E-state index in [0.29, 0.717) is 12.3 Å². The van der Waals surface area contributed by atoms with Crippen LogP contribution >= 0.6 is 11.3 Å². The van der Waals surface area contributed by atoms with Gasteiger partial charge in [0.1, 0.15) is 5.01 Å². The molecule has 0 bridgehead atoms. The molecule has 0 aromatic carbocycles. The predicted molar refractivity (Wildman–Crippen MR) is 69.6 cm³/mol. The van der Waals surface area contributed by atoms with Crippen LogP contribution in [0.5, 0.6) is 0 Å². The number of aryl methyl sites for hydroxylation is 1. The van der Waals surface area contributed by atoms with Crippen LogP contribution in [0, 0.1) is 0 Å². The lowest BCUT2D eigenvalue weighted by Crippen LogP contribution is -2.05. The smallest absolute Gasteiger partial charge is 0.357 e. The topological polar surface area (TPSA) is 57.0 Å². The van der Waals surface area contributed by atoms with E-state index >= 15 is 0 Å². The number of carbonyl (C=O) groups is 1. The number of hydrogen-bond donors (Lipinski definition) is 0. The van der Waals surface area contributed by atoms with Gasteiger partial charge in [-0.15, -0.1) is 11.3 Å². The van der Waals surface area contributed by atoms with Gasteiger partial charge in [0, 0.05) is 18.1 Å². The first-order valence-electron chi connectivity index (χ1n) is 5.91. The number of hydrogen-bond acceptors (Lipinski definition) is 5. The van der Waals surface area contributed by atoms with Crippen LogP contribution in [0.4, 0.5) is 0 Å². The second-order valence-electron chi connectivity index (χ2n) is 3.70. The highest BCUT2D eigenvalue weighted by Crippen LogP contribution is 2.23. The van der Waals surface area contributed by atoms with Gasteiger partial charge in [-0.2, -0.15) is 5.10 Å². The molecule has 18 heavy (non-hydrogen) atoms. The molecule has 0 fully saturated rings. The van der Waals surface area contributed by atoms with Gasteiger partial charge in [-0.25, -0.2) is 9.78 Å². The van der Waals surface area contributed by atoms with Crippen LogP contribution in [-0.2, 0) is 11.3 Å². The molecule has 5 nitrogen and oxygen atoms in total. The zero-order valence-corrected chi connectivity index (χ0v) is 11.2. The van der Waals surface area contributed by atoms with Gasteiger partial charge in [0.15, 0.2) is 5.69 Å². The molecule has 0 spiro atoms. The van der Waals surface area contributed by atoms with Gasteiger partial charge in [0.2, 0.25) is 0 Å². The molecule has 2 rings (SSSR count). The quantitative estimate of drug-likeness (QED) is 0.780. The second kappa shape index (κ2) is 5.77. The minimum absolute atomic E-state index is 0.361. The lowest BCUT2D eigenvalue weighted by atomic mass is 10.4. The molecule has 0 saturated heterocycles. The van der Waals surface area contributed by atoms with E-state index in [1.807, 2.05) is 10.7 Å². The number of rotatable bonds is 5. The normalized spacial score (nSPS) is 10.6. The van der Waals surface area contributed by atoms with Gasteiger partial charge in [-0.3, -0.25) is 4.68 Å². The molecule has 6 heteroatoms. The highest BCUT2D eigenvalue weighted by molar-refractivity contribution is 7.13. The van der Waals surface area contributed by atoms with Crippen molar-refractivity contribution in [2.75, 3.05) is 6.61 Å². The van der Waals surface area contributed by atoms with E-state index in [4.69, 9.17) is 4.74 Å². The number of carbonyl (C=O) groups excluding carboxylic acids is 1. The van der Waals surface area contributed by atoms with Crippen LogP contribution in [0.2, 0.25) is 0 Å². The fourth-order valence-electron chi connectivity index (χ4n) is 1.59. The molecule has 2 aromatic rings. The standard InChI is InChI=1S/C12H15N3O2S/c1-3-7-15-10(5-6-13-15)11-14-9(8-18-11)12(16)17-4-2/h5-6,8H,3-4,7H2,1-2H3. The van der Waals surface area contributed by atoms with Crippen molar-refractivity contribution in [1.82, 2.24) is 14.8 Å². The number of aromatic nitrogens is 3. The zero-order chi connectivity index (χ0) is 13.0. The highest BCUT2D eigenvalue weighted by atomic mass is 32.1. The third-order valence-corrected chi connectivity index (χ3v) is 3.22. The van der Waals surface area contributed by atoms with E-state index in [0.717, 1.165) is 23.7 Å². The van der Waals surface area contributed by atoms with Crippen LogP contribution in [0.25, 0.3) is 10.7 Å². The molecule has 0 saturated carbocycles. The molecule has 0 radical (unpaired) electrons. The van der Waals surface area contributed by atoms with Crippen LogP contribution in [-0.4, -0.2) is 27.3 Å². The summed E-state index contributed by atoms with van der Waals surface area (Å²) in [4.78, 5) is 15.8. The van der Waals surface area contributed by atoms with Gasteiger partial charge in [-0.1, -0.05) is 6.92 Å². The summed E-state index contributed by atoms with van der Waals surface area (Å²) in [6.45, 7) is 5.08. The van der Waals surface area contributed by atoms with Crippen molar-refractivity contribution in [3.8, 4) is 10.7 Å². The Bertz CT molecular complexity index is 533. The van der Waals surface area contributed by atoms with Gasteiger partial charge in [0.05, 0.1) is 12.3 Å². The monoisotopic (exact) mass is 265 g/mol. The van der Waals surface area contributed by atoms with Gasteiger partial charge in [0.25, 0.3) is 0 Å². The molecule has 0 aliphatic heterocycles. The zero-order valence-electron chi connectivity index (χ0n) is 10.4. The summed E-state index contributed by atoms with van der Waals surface area (Å²) in [5.74, 6) is -0.374. The van der Waals surface area contributed by atoms with Gasteiger partial charge in [-0.05, 0) is 19.4 Å². The summed E-state index contributed by atoms with van der Waals surface area (Å²) in [6, 6.07) is 1.91.